The number of amides is 1. The summed E-state index contributed by atoms with van der Waals surface area (Å²) in [4.78, 5) is 23.4. The minimum Gasteiger partial charge on any atom is -0.475 e. The van der Waals surface area contributed by atoms with Gasteiger partial charge in [0.15, 0.2) is 10.8 Å². The summed E-state index contributed by atoms with van der Waals surface area (Å²) in [6, 6.07) is 10.5. The summed E-state index contributed by atoms with van der Waals surface area (Å²) in [6.45, 7) is 1.66. The molecule has 1 unspecified atom stereocenters. The second kappa shape index (κ2) is 10.8. The van der Waals surface area contributed by atoms with E-state index < -0.39 is 10.8 Å². The fraction of sp³-hybridized carbons (Fsp3) is 0.364. The zero-order chi connectivity index (χ0) is 23.2. The van der Waals surface area contributed by atoms with Crippen molar-refractivity contribution in [2.75, 3.05) is 37.9 Å². The molecule has 0 saturated carbocycles. The summed E-state index contributed by atoms with van der Waals surface area (Å²) in [5.74, 6) is 0.0144. The minimum absolute atomic E-state index is 0.0992. The molecule has 0 aliphatic carbocycles. The molecule has 2 N–H and O–H groups in total. The Labute approximate surface area is 198 Å². The van der Waals surface area contributed by atoms with Crippen LogP contribution in [-0.2, 0) is 15.6 Å². The number of piperidine rings is 1. The van der Waals surface area contributed by atoms with Gasteiger partial charge in [-0.05, 0) is 37.5 Å². The number of nitrogens with zero attached hydrogens (tertiary/aromatic N) is 4. The van der Waals surface area contributed by atoms with Crippen LogP contribution in [0.25, 0.3) is 10.3 Å². The molecule has 1 aromatic carbocycles. The Morgan fingerprint density at radius 2 is 1.94 bits per heavy atom. The predicted molar refractivity (Wildman–Crippen MR) is 129 cm³/mol. The van der Waals surface area contributed by atoms with Gasteiger partial charge in [0.1, 0.15) is 17.0 Å². The number of benzene rings is 1. The van der Waals surface area contributed by atoms with E-state index in [4.69, 9.17) is 9.84 Å². The van der Waals surface area contributed by atoms with Gasteiger partial charge in [0, 0.05) is 46.7 Å². The van der Waals surface area contributed by atoms with Gasteiger partial charge in [-0.3, -0.25) is 19.3 Å². The number of carbonyl (C=O) groups excluding carboxylic acids is 1. The second-order valence-electron chi connectivity index (χ2n) is 7.46. The SMILES string of the molecule is CS(=O)c1ccc(/C(=N\N2CCCCC2)C(=O)Nc2nc3ccc(OCCO)nc3s2)cc1. The summed E-state index contributed by atoms with van der Waals surface area (Å²) < 4.78 is 17.1. The molecule has 1 amide bonds. The molecule has 1 aliphatic heterocycles. The zero-order valence-corrected chi connectivity index (χ0v) is 19.8. The van der Waals surface area contributed by atoms with Gasteiger partial charge < -0.3 is 9.84 Å². The van der Waals surface area contributed by atoms with E-state index in [0.29, 0.717) is 31.8 Å². The number of carbonyl (C=O) groups is 1. The number of hydrogen-bond acceptors (Lipinski definition) is 9. The van der Waals surface area contributed by atoms with Crippen LogP contribution in [0.1, 0.15) is 24.8 Å². The van der Waals surface area contributed by atoms with E-state index in [0.717, 1.165) is 32.4 Å². The largest absolute Gasteiger partial charge is 0.475 e. The summed E-state index contributed by atoms with van der Waals surface area (Å²) >= 11 is 1.23. The van der Waals surface area contributed by atoms with Gasteiger partial charge in [0.05, 0.1) is 6.61 Å². The Morgan fingerprint density at radius 1 is 1.18 bits per heavy atom. The first kappa shape index (κ1) is 23.3. The lowest BCUT2D eigenvalue weighted by atomic mass is 10.1. The van der Waals surface area contributed by atoms with E-state index in [-0.39, 0.29) is 24.8 Å². The molecule has 4 rings (SSSR count). The number of nitrogens with one attached hydrogen (secondary N) is 1. The van der Waals surface area contributed by atoms with E-state index in [1.807, 2.05) is 5.01 Å². The highest BCUT2D eigenvalue weighted by Gasteiger charge is 2.20. The Balaban J connectivity index is 1.59. The van der Waals surface area contributed by atoms with Crippen molar-refractivity contribution in [3.05, 3.63) is 42.0 Å². The Bertz CT molecular complexity index is 1170. The third-order valence-corrected chi connectivity index (χ3v) is 6.86. The van der Waals surface area contributed by atoms with E-state index in [1.165, 1.54) is 11.3 Å². The van der Waals surface area contributed by atoms with E-state index in [9.17, 15) is 9.00 Å². The molecule has 0 radical (unpaired) electrons. The van der Waals surface area contributed by atoms with Crippen LogP contribution in [0.15, 0.2) is 46.4 Å². The Morgan fingerprint density at radius 3 is 2.64 bits per heavy atom. The number of aliphatic hydroxyl groups excluding tert-OH is 1. The van der Waals surface area contributed by atoms with Crippen molar-refractivity contribution in [3.63, 3.8) is 0 Å². The second-order valence-corrected chi connectivity index (χ2v) is 9.82. The third-order valence-electron chi connectivity index (χ3n) is 5.04. The van der Waals surface area contributed by atoms with Crippen LogP contribution in [0.3, 0.4) is 0 Å². The van der Waals surface area contributed by atoms with Crippen LogP contribution in [0.2, 0.25) is 0 Å². The molecule has 11 heteroatoms. The molecule has 1 atom stereocenters. The number of ether oxygens (including phenoxy) is 1. The topological polar surface area (TPSA) is 117 Å². The van der Waals surface area contributed by atoms with Crippen molar-refractivity contribution in [1.82, 2.24) is 15.0 Å². The number of aliphatic hydroxyl groups is 1. The normalized spacial score (nSPS) is 15.5. The number of rotatable bonds is 8. The number of pyridine rings is 1. The quantitative estimate of drug-likeness (QED) is 0.469. The number of anilines is 1. The summed E-state index contributed by atoms with van der Waals surface area (Å²) in [7, 11) is -1.10. The molecule has 33 heavy (non-hydrogen) atoms. The van der Waals surface area contributed by atoms with Crippen molar-refractivity contribution in [1.29, 1.82) is 0 Å². The van der Waals surface area contributed by atoms with Gasteiger partial charge in [-0.1, -0.05) is 23.5 Å². The van der Waals surface area contributed by atoms with Crippen molar-refractivity contribution < 1.29 is 18.8 Å². The minimum atomic E-state index is -1.10. The maximum atomic E-state index is 13.3. The van der Waals surface area contributed by atoms with Gasteiger partial charge in [0.2, 0.25) is 5.88 Å². The molecule has 1 saturated heterocycles. The molecule has 2 aromatic heterocycles. The number of aromatic nitrogens is 2. The zero-order valence-electron chi connectivity index (χ0n) is 18.2. The van der Waals surface area contributed by atoms with Crippen LogP contribution < -0.4 is 10.1 Å². The lowest BCUT2D eigenvalue weighted by Crippen LogP contribution is -2.31. The van der Waals surface area contributed by atoms with Gasteiger partial charge in [-0.15, -0.1) is 0 Å². The number of hydrogen-bond donors (Lipinski definition) is 2. The fourth-order valence-corrected chi connectivity index (χ4v) is 4.74. The first-order valence-electron chi connectivity index (χ1n) is 10.6. The number of thiazole rings is 1. The van der Waals surface area contributed by atoms with Gasteiger partial charge in [-0.2, -0.15) is 5.10 Å². The van der Waals surface area contributed by atoms with Crippen LogP contribution in [0.5, 0.6) is 5.88 Å². The van der Waals surface area contributed by atoms with Crippen LogP contribution in [0, 0.1) is 0 Å². The smallest absolute Gasteiger partial charge is 0.278 e. The van der Waals surface area contributed by atoms with Crippen molar-refractivity contribution in [3.8, 4) is 5.88 Å². The molecule has 9 nitrogen and oxygen atoms in total. The van der Waals surface area contributed by atoms with Gasteiger partial charge in [-0.25, -0.2) is 9.97 Å². The molecular formula is C22H25N5O4S2. The molecule has 1 aliphatic rings. The predicted octanol–water partition coefficient (Wildman–Crippen LogP) is 2.63. The molecule has 0 bridgehead atoms. The molecule has 3 aromatic rings. The third kappa shape index (κ3) is 5.92. The van der Waals surface area contributed by atoms with Crippen molar-refractivity contribution in [2.45, 2.75) is 24.2 Å². The maximum absolute atomic E-state index is 13.3. The average molecular weight is 488 g/mol. The lowest BCUT2D eigenvalue weighted by molar-refractivity contribution is -0.110. The maximum Gasteiger partial charge on any atom is 0.278 e. The Hall–Kier alpha value is -2.89. The monoisotopic (exact) mass is 487 g/mol. The standard InChI is InChI=1S/C22H25N5O4S2/c1-33(30)16-7-5-15(6-8-16)19(26-27-11-3-2-4-12-27)20(29)25-22-23-17-9-10-18(31-14-13-28)24-21(17)32-22/h5-10,28H,2-4,11-14H2,1H3,(H,23,25,29)/b26-19+. The van der Waals surface area contributed by atoms with Crippen molar-refractivity contribution >= 4 is 49.2 Å². The Kier molecular flexibility index (Phi) is 7.63. The number of hydrazone groups is 1. The van der Waals surface area contributed by atoms with Crippen molar-refractivity contribution in [2.24, 2.45) is 5.10 Å². The highest BCUT2D eigenvalue weighted by Crippen LogP contribution is 2.26. The van der Waals surface area contributed by atoms with Crippen LogP contribution in [-0.4, -0.2) is 68.5 Å². The molecule has 0 spiro atoms. The van der Waals surface area contributed by atoms with Crippen LogP contribution in [0.4, 0.5) is 5.13 Å². The summed E-state index contributed by atoms with van der Waals surface area (Å²) in [5.41, 5.74) is 1.56. The first-order valence-corrected chi connectivity index (χ1v) is 13.0. The summed E-state index contributed by atoms with van der Waals surface area (Å²) in [5, 5.41) is 18.7. The van der Waals surface area contributed by atoms with Gasteiger partial charge in [0.25, 0.3) is 5.91 Å². The average Bonchev–Trinajstić information content (AvgIpc) is 3.23. The van der Waals surface area contributed by atoms with E-state index in [1.54, 1.807) is 42.7 Å². The van der Waals surface area contributed by atoms with Gasteiger partial charge >= 0.3 is 0 Å². The first-order chi connectivity index (χ1) is 16.0. The van der Waals surface area contributed by atoms with E-state index in [2.05, 4.69) is 20.4 Å². The number of fused-ring (bicyclic) bond motifs is 1. The fourth-order valence-electron chi connectivity index (χ4n) is 3.40. The molecule has 1 fully saturated rings. The van der Waals surface area contributed by atoms with E-state index >= 15 is 0 Å². The van der Waals surface area contributed by atoms with Crippen LogP contribution >= 0.6 is 11.3 Å². The molecular weight excluding hydrogens is 462 g/mol. The highest BCUT2D eigenvalue weighted by atomic mass is 32.2. The molecule has 174 valence electrons. The highest BCUT2D eigenvalue weighted by molar-refractivity contribution is 7.84. The molecule has 3 heterocycles. The summed E-state index contributed by atoms with van der Waals surface area (Å²) in [6.07, 6.45) is 4.85. The lowest BCUT2D eigenvalue weighted by Gasteiger charge is -2.24.